The lowest BCUT2D eigenvalue weighted by molar-refractivity contribution is 0.718. The molecule has 0 aliphatic rings. The van der Waals surface area contributed by atoms with Crippen LogP contribution in [0.4, 0.5) is 0 Å². The lowest BCUT2D eigenvalue weighted by Gasteiger charge is -1.95. The fourth-order valence-corrected chi connectivity index (χ4v) is 3.09. The summed E-state index contributed by atoms with van der Waals surface area (Å²) in [5, 5.41) is 5.82. The standard InChI is InChI=1S/C11H11N3OS/c1-6-5-14-7(2)9-8(11(14)16-6)4-12-13(3)10(9)15/h4-5H,1-3H3. The fraction of sp³-hybridized carbons (Fsp3) is 0.273. The number of fused-ring (bicyclic) bond motifs is 3. The zero-order chi connectivity index (χ0) is 11.4. The molecule has 0 N–H and O–H groups in total. The molecule has 0 spiro atoms. The Kier molecular flexibility index (Phi) is 1.77. The SMILES string of the molecule is Cc1cn2c(C)c3c(=O)n(C)ncc3c2s1. The van der Waals surface area contributed by atoms with E-state index in [4.69, 9.17) is 0 Å². The van der Waals surface area contributed by atoms with Gasteiger partial charge in [0.15, 0.2) is 0 Å². The maximum absolute atomic E-state index is 12.0. The Hall–Kier alpha value is -1.62. The third-order valence-electron chi connectivity index (χ3n) is 2.88. The van der Waals surface area contributed by atoms with Crippen LogP contribution in [0, 0.1) is 13.8 Å². The molecule has 0 bridgehead atoms. The first-order valence-corrected chi connectivity index (χ1v) is 5.84. The first-order valence-electron chi connectivity index (χ1n) is 5.02. The van der Waals surface area contributed by atoms with Crippen LogP contribution < -0.4 is 5.56 Å². The monoisotopic (exact) mass is 233 g/mol. The lowest BCUT2D eigenvalue weighted by Crippen LogP contribution is -2.18. The van der Waals surface area contributed by atoms with E-state index < -0.39 is 0 Å². The van der Waals surface area contributed by atoms with E-state index in [-0.39, 0.29) is 5.56 Å². The van der Waals surface area contributed by atoms with Crippen LogP contribution in [-0.4, -0.2) is 14.2 Å². The van der Waals surface area contributed by atoms with E-state index in [1.54, 1.807) is 24.6 Å². The Bertz CT molecular complexity index is 763. The smallest absolute Gasteiger partial charge is 0.276 e. The second-order valence-corrected chi connectivity index (χ2v) is 5.20. The first kappa shape index (κ1) is 9.59. The fourth-order valence-electron chi connectivity index (χ4n) is 2.07. The second kappa shape index (κ2) is 2.95. The van der Waals surface area contributed by atoms with Crippen LogP contribution in [0.25, 0.3) is 15.6 Å². The van der Waals surface area contributed by atoms with Gasteiger partial charge in [0.05, 0.1) is 11.6 Å². The third-order valence-corrected chi connectivity index (χ3v) is 3.92. The molecule has 0 saturated carbocycles. The molecular formula is C11H11N3OS. The van der Waals surface area contributed by atoms with Gasteiger partial charge in [-0.25, -0.2) is 4.68 Å². The number of aromatic nitrogens is 3. The lowest BCUT2D eigenvalue weighted by atomic mass is 10.2. The van der Waals surface area contributed by atoms with E-state index in [0.717, 1.165) is 21.3 Å². The molecule has 82 valence electrons. The zero-order valence-corrected chi connectivity index (χ0v) is 10.1. The number of thiazole rings is 1. The quantitative estimate of drug-likeness (QED) is 0.594. The van der Waals surface area contributed by atoms with E-state index in [1.807, 2.05) is 6.92 Å². The molecule has 3 aromatic rings. The van der Waals surface area contributed by atoms with Crippen molar-refractivity contribution >= 4 is 26.9 Å². The summed E-state index contributed by atoms with van der Waals surface area (Å²) in [6, 6.07) is 0. The number of hydrogen-bond donors (Lipinski definition) is 0. The van der Waals surface area contributed by atoms with E-state index in [0.29, 0.717) is 0 Å². The highest BCUT2D eigenvalue weighted by molar-refractivity contribution is 7.18. The van der Waals surface area contributed by atoms with Crippen molar-refractivity contribution in [3.8, 4) is 0 Å². The van der Waals surface area contributed by atoms with Gasteiger partial charge in [-0.3, -0.25) is 4.79 Å². The summed E-state index contributed by atoms with van der Waals surface area (Å²) in [7, 11) is 1.68. The largest absolute Gasteiger partial charge is 0.310 e. The van der Waals surface area contributed by atoms with Crippen LogP contribution in [0.3, 0.4) is 0 Å². The van der Waals surface area contributed by atoms with E-state index in [2.05, 4.69) is 22.6 Å². The molecule has 3 aromatic heterocycles. The van der Waals surface area contributed by atoms with Crippen molar-refractivity contribution in [2.45, 2.75) is 13.8 Å². The highest BCUT2D eigenvalue weighted by atomic mass is 32.1. The van der Waals surface area contributed by atoms with Crippen molar-refractivity contribution in [3.05, 3.63) is 33.3 Å². The first-order chi connectivity index (χ1) is 7.59. The van der Waals surface area contributed by atoms with Crippen molar-refractivity contribution < 1.29 is 0 Å². The van der Waals surface area contributed by atoms with Crippen LogP contribution in [-0.2, 0) is 7.05 Å². The second-order valence-electron chi connectivity index (χ2n) is 3.96. The maximum atomic E-state index is 12.0. The molecule has 5 heteroatoms. The van der Waals surface area contributed by atoms with Crippen LogP contribution in [0.2, 0.25) is 0 Å². The predicted molar refractivity (Wildman–Crippen MR) is 65.3 cm³/mol. The van der Waals surface area contributed by atoms with Gasteiger partial charge in [0.2, 0.25) is 0 Å². The van der Waals surface area contributed by atoms with Gasteiger partial charge < -0.3 is 4.40 Å². The average Bonchev–Trinajstić information content (AvgIpc) is 2.72. The summed E-state index contributed by atoms with van der Waals surface area (Å²) >= 11 is 1.69. The van der Waals surface area contributed by atoms with E-state index in [9.17, 15) is 4.79 Å². The number of nitrogens with zero attached hydrogens (tertiary/aromatic N) is 3. The summed E-state index contributed by atoms with van der Waals surface area (Å²) < 4.78 is 3.46. The molecule has 0 radical (unpaired) electrons. The third kappa shape index (κ3) is 1.03. The van der Waals surface area contributed by atoms with Crippen LogP contribution in [0.1, 0.15) is 10.6 Å². The average molecular weight is 233 g/mol. The molecule has 0 fully saturated rings. The Morgan fingerprint density at radius 1 is 1.38 bits per heavy atom. The van der Waals surface area contributed by atoms with Crippen LogP contribution in [0.5, 0.6) is 0 Å². The molecule has 0 atom stereocenters. The minimum Gasteiger partial charge on any atom is -0.310 e. The van der Waals surface area contributed by atoms with Crippen molar-refractivity contribution in [1.29, 1.82) is 0 Å². The minimum absolute atomic E-state index is 0.0245. The minimum atomic E-state index is -0.0245. The predicted octanol–water partition coefficient (Wildman–Crippen LogP) is 1.86. The Morgan fingerprint density at radius 2 is 2.12 bits per heavy atom. The molecule has 3 rings (SSSR count). The Balaban J connectivity index is 2.68. The zero-order valence-electron chi connectivity index (χ0n) is 9.31. The molecule has 0 saturated heterocycles. The Labute approximate surface area is 95.7 Å². The number of aryl methyl sites for hydroxylation is 3. The normalized spacial score (nSPS) is 11.7. The molecule has 0 amide bonds. The summed E-state index contributed by atoms with van der Waals surface area (Å²) in [6.45, 7) is 4.04. The highest BCUT2D eigenvalue weighted by Gasteiger charge is 2.14. The van der Waals surface area contributed by atoms with Crippen molar-refractivity contribution in [3.63, 3.8) is 0 Å². The topological polar surface area (TPSA) is 39.3 Å². The van der Waals surface area contributed by atoms with Gasteiger partial charge in [-0.2, -0.15) is 5.10 Å². The van der Waals surface area contributed by atoms with Gasteiger partial charge in [-0.1, -0.05) is 0 Å². The summed E-state index contributed by atoms with van der Waals surface area (Å²) in [4.78, 5) is 14.3. The van der Waals surface area contributed by atoms with E-state index in [1.165, 1.54) is 9.56 Å². The van der Waals surface area contributed by atoms with Gasteiger partial charge in [-0.05, 0) is 13.8 Å². The molecule has 0 aliphatic carbocycles. The molecule has 0 aliphatic heterocycles. The summed E-state index contributed by atoms with van der Waals surface area (Å²) in [5.74, 6) is 0. The number of hydrogen-bond acceptors (Lipinski definition) is 3. The molecule has 0 aromatic carbocycles. The maximum Gasteiger partial charge on any atom is 0.276 e. The molecule has 4 nitrogen and oxygen atoms in total. The number of rotatable bonds is 0. The molecule has 16 heavy (non-hydrogen) atoms. The summed E-state index contributed by atoms with van der Waals surface area (Å²) in [5.41, 5.74) is 0.973. The van der Waals surface area contributed by atoms with Crippen molar-refractivity contribution in [2.75, 3.05) is 0 Å². The van der Waals surface area contributed by atoms with Gasteiger partial charge in [-0.15, -0.1) is 11.3 Å². The van der Waals surface area contributed by atoms with Gasteiger partial charge in [0.25, 0.3) is 5.56 Å². The Morgan fingerprint density at radius 3 is 2.88 bits per heavy atom. The van der Waals surface area contributed by atoms with Crippen LogP contribution >= 0.6 is 11.3 Å². The molecule has 3 heterocycles. The van der Waals surface area contributed by atoms with E-state index >= 15 is 0 Å². The van der Waals surface area contributed by atoms with Gasteiger partial charge in [0, 0.05) is 29.2 Å². The summed E-state index contributed by atoms with van der Waals surface area (Å²) in [6.07, 6.45) is 3.84. The van der Waals surface area contributed by atoms with Crippen molar-refractivity contribution in [2.24, 2.45) is 7.05 Å². The highest BCUT2D eigenvalue weighted by Crippen LogP contribution is 2.29. The molecular weight excluding hydrogens is 222 g/mol. The van der Waals surface area contributed by atoms with Crippen LogP contribution in [0.15, 0.2) is 17.2 Å². The van der Waals surface area contributed by atoms with Crippen molar-refractivity contribution in [1.82, 2.24) is 14.2 Å². The van der Waals surface area contributed by atoms with Gasteiger partial charge in [0.1, 0.15) is 4.83 Å². The molecule has 0 unspecified atom stereocenters. The van der Waals surface area contributed by atoms with Gasteiger partial charge >= 0.3 is 0 Å².